The lowest BCUT2D eigenvalue weighted by molar-refractivity contribution is 0.633. The van der Waals surface area contributed by atoms with Crippen LogP contribution in [0.5, 0.6) is 0 Å². The SMILES string of the molecule is CC(C)NCC=Cc1cn2ccccc2n1. The van der Waals surface area contributed by atoms with Gasteiger partial charge in [-0.05, 0) is 18.2 Å². The number of rotatable bonds is 4. The molecular weight excluding hydrogens is 198 g/mol. The van der Waals surface area contributed by atoms with E-state index >= 15 is 0 Å². The van der Waals surface area contributed by atoms with Crippen LogP contribution < -0.4 is 5.32 Å². The lowest BCUT2D eigenvalue weighted by atomic mass is 10.3. The zero-order valence-corrected chi connectivity index (χ0v) is 9.72. The third kappa shape index (κ3) is 2.70. The van der Waals surface area contributed by atoms with Gasteiger partial charge < -0.3 is 9.72 Å². The summed E-state index contributed by atoms with van der Waals surface area (Å²) in [5.41, 5.74) is 1.98. The Hall–Kier alpha value is -1.61. The minimum Gasteiger partial charge on any atom is -0.311 e. The molecule has 1 N–H and O–H groups in total. The number of pyridine rings is 1. The van der Waals surface area contributed by atoms with Crippen LogP contribution in [0.25, 0.3) is 11.7 Å². The first-order valence-electron chi connectivity index (χ1n) is 5.59. The van der Waals surface area contributed by atoms with Gasteiger partial charge in [0.15, 0.2) is 0 Å². The van der Waals surface area contributed by atoms with E-state index < -0.39 is 0 Å². The van der Waals surface area contributed by atoms with Gasteiger partial charge in [-0.3, -0.25) is 0 Å². The molecule has 2 heterocycles. The van der Waals surface area contributed by atoms with Gasteiger partial charge in [-0.2, -0.15) is 0 Å². The van der Waals surface area contributed by atoms with Crippen LogP contribution in [-0.4, -0.2) is 22.0 Å². The molecule has 0 aromatic carbocycles. The summed E-state index contributed by atoms with van der Waals surface area (Å²) in [5, 5.41) is 3.33. The van der Waals surface area contributed by atoms with E-state index in [-0.39, 0.29) is 0 Å². The summed E-state index contributed by atoms with van der Waals surface area (Å²) >= 11 is 0. The lowest BCUT2D eigenvalue weighted by Crippen LogP contribution is -2.22. The van der Waals surface area contributed by atoms with E-state index in [2.05, 4.69) is 30.2 Å². The molecule has 0 atom stereocenters. The van der Waals surface area contributed by atoms with Crippen molar-refractivity contribution in [1.82, 2.24) is 14.7 Å². The van der Waals surface area contributed by atoms with E-state index in [1.807, 2.05) is 41.1 Å². The van der Waals surface area contributed by atoms with Gasteiger partial charge >= 0.3 is 0 Å². The first-order chi connectivity index (χ1) is 7.75. The highest BCUT2D eigenvalue weighted by atomic mass is 15.0. The molecule has 0 unspecified atom stereocenters. The molecule has 0 spiro atoms. The fourth-order valence-corrected chi connectivity index (χ4v) is 1.52. The van der Waals surface area contributed by atoms with Crippen LogP contribution in [0.1, 0.15) is 19.5 Å². The van der Waals surface area contributed by atoms with Gasteiger partial charge in [-0.25, -0.2) is 4.98 Å². The van der Waals surface area contributed by atoms with Gasteiger partial charge in [-0.1, -0.05) is 26.0 Å². The Morgan fingerprint density at radius 2 is 2.31 bits per heavy atom. The summed E-state index contributed by atoms with van der Waals surface area (Å²) in [5.74, 6) is 0. The minimum atomic E-state index is 0.519. The van der Waals surface area contributed by atoms with Gasteiger partial charge in [0.2, 0.25) is 0 Å². The number of aromatic nitrogens is 2. The van der Waals surface area contributed by atoms with Gasteiger partial charge in [0.05, 0.1) is 5.69 Å². The van der Waals surface area contributed by atoms with E-state index in [0.717, 1.165) is 17.9 Å². The Morgan fingerprint density at radius 3 is 3.06 bits per heavy atom. The Bertz CT molecular complexity index is 450. The van der Waals surface area contributed by atoms with Crippen molar-refractivity contribution in [3.8, 4) is 0 Å². The third-order valence-corrected chi connectivity index (χ3v) is 2.32. The number of nitrogens with one attached hydrogen (secondary N) is 1. The summed E-state index contributed by atoms with van der Waals surface area (Å²) in [7, 11) is 0. The summed E-state index contributed by atoms with van der Waals surface area (Å²) in [6.45, 7) is 5.16. The van der Waals surface area contributed by atoms with Crippen LogP contribution in [0, 0.1) is 0 Å². The molecule has 16 heavy (non-hydrogen) atoms. The van der Waals surface area contributed by atoms with Crippen molar-refractivity contribution in [1.29, 1.82) is 0 Å². The van der Waals surface area contributed by atoms with Crippen LogP contribution in [-0.2, 0) is 0 Å². The standard InChI is InChI=1S/C13H17N3/c1-11(2)14-8-5-6-12-10-16-9-4-3-7-13(16)15-12/h3-7,9-11,14H,8H2,1-2H3. The Kier molecular flexibility index (Phi) is 3.37. The maximum Gasteiger partial charge on any atom is 0.137 e. The monoisotopic (exact) mass is 215 g/mol. The fraction of sp³-hybridized carbons (Fsp3) is 0.308. The minimum absolute atomic E-state index is 0.519. The van der Waals surface area contributed by atoms with E-state index in [1.165, 1.54) is 0 Å². The third-order valence-electron chi connectivity index (χ3n) is 2.32. The molecule has 0 saturated heterocycles. The summed E-state index contributed by atoms with van der Waals surface area (Å²) < 4.78 is 2.02. The molecule has 3 heteroatoms. The van der Waals surface area contributed by atoms with Crippen LogP contribution in [0.2, 0.25) is 0 Å². The molecular formula is C13H17N3. The Labute approximate surface area is 95.8 Å². The molecule has 0 aliphatic rings. The quantitative estimate of drug-likeness (QED) is 0.848. The van der Waals surface area contributed by atoms with Crippen LogP contribution >= 0.6 is 0 Å². The van der Waals surface area contributed by atoms with Crippen LogP contribution in [0.15, 0.2) is 36.7 Å². The Morgan fingerprint density at radius 1 is 1.44 bits per heavy atom. The summed E-state index contributed by atoms with van der Waals surface area (Å²) in [6.07, 6.45) is 8.18. The van der Waals surface area contributed by atoms with E-state index in [1.54, 1.807) is 0 Å². The van der Waals surface area contributed by atoms with Crippen molar-refractivity contribution in [2.24, 2.45) is 0 Å². The second-order valence-corrected chi connectivity index (χ2v) is 4.10. The van der Waals surface area contributed by atoms with Gasteiger partial charge in [0.25, 0.3) is 0 Å². The maximum absolute atomic E-state index is 4.48. The molecule has 0 amide bonds. The molecule has 0 aliphatic carbocycles. The van der Waals surface area contributed by atoms with Crippen LogP contribution in [0.3, 0.4) is 0 Å². The first kappa shape index (κ1) is 10.9. The molecule has 0 saturated carbocycles. The van der Waals surface area contributed by atoms with E-state index in [9.17, 15) is 0 Å². The maximum atomic E-state index is 4.48. The first-order valence-corrected chi connectivity index (χ1v) is 5.59. The largest absolute Gasteiger partial charge is 0.311 e. The highest BCUT2D eigenvalue weighted by molar-refractivity contribution is 5.51. The number of nitrogens with zero attached hydrogens (tertiary/aromatic N) is 2. The molecule has 0 fully saturated rings. The second-order valence-electron chi connectivity index (χ2n) is 4.10. The van der Waals surface area contributed by atoms with E-state index in [0.29, 0.717) is 6.04 Å². The fourth-order valence-electron chi connectivity index (χ4n) is 1.52. The van der Waals surface area contributed by atoms with Crippen molar-refractivity contribution in [3.05, 3.63) is 42.4 Å². The van der Waals surface area contributed by atoms with Crippen molar-refractivity contribution in [2.75, 3.05) is 6.54 Å². The topological polar surface area (TPSA) is 29.3 Å². The smallest absolute Gasteiger partial charge is 0.137 e. The highest BCUT2D eigenvalue weighted by Crippen LogP contribution is 2.05. The lowest BCUT2D eigenvalue weighted by Gasteiger charge is -2.02. The number of hydrogen-bond donors (Lipinski definition) is 1. The van der Waals surface area contributed by atoms with Gasteiger partial charge in [-0.15, -0.1) is 0 Å². The number of imidazole rings is 1. The molecule has 0 aliphatic heterocycles. The average molecular weight is 215 g/mol. The molecule has 2 aromatic heterocycles. The number of hydrogen-bond acceptors (Lipinski definition) is 2. The Balaban J connectivity index is 2.04. The van der Waals surface area contributed by atoms with Crippen molar-refractivity contribution >= 4 is 11.7 Å². The molecule has 0 bridgehead atoms. The molecule has 2 aromatic rings. The molecule has 0 radical (unpaired) electrons. The van der Waals surface area contributed by atoms with Gasteiger partial charge in [0.1, 0.15) is 5.65 Å². The summed E-state index contributed by atoms with van der Waals surface area (Å²) in [6, 6.07) is 6.52. The van der Waals surface area contributed by atoms with Crippen LogP contribution in [0.4, 0.5) is 0 Å². The normalized spacial score (nSPS) is 11.9. The average Bonchev–Trinajstić information content (AvgIpc) is 2.66. The van der Waals surface area contributed by atoms with Gasteiger partial charge in [0, 0.05) is 25.0 Å². The second kappa shape index (κ2) is 4.94. The van der Waals surface area contributed by atoms with Crippen molar-refractivity contribution in [3.63, 3.8) is 0 Å². The molecule has 2 rings (SSSR count). The summed E-state index contributed by atoms with van der Waals surface area (Å²) in [4.78, 5) is 4.48. The molecule has 3 nitrogen and oxygen atoms in total. The van der Waals surface area contributed by atoms with Crippen molar-refractivity contribution in [2.45, 2.75) is 19.9 Å². The number of fused-ring (bicyclic) bond motifs is 1. The van der Waals surface area contributed by atoms with E-state index in [4.69, 9.17) is 0 Å². The molecule has 84 valence electrons. The predicted octanol–water partition coefficient (Wildman–Crippen LogP) is 2.35. The zero-order chi connectivity index (χ0) is 11.4. The highest BCUT2D eigenvalue weighted by Gasteiger charge is 1.95. The zero-order valence-electron chi connectivity index (χ0n) is 9.72. The van der Waals surface area contributed by atoms with Crippen molar-refractivity contribution < 1.29 is 0 Å². The predicted molar refractivity (Wildman–Crippen MR) is 67.4 cm³/mol.